The van der Waals surface area contributed by atoms with Crippen LogP contribution in [0.15, 0.2) is 24.3 Å². The Kier molecular flexibility index (Phi) is 3.57. The van der Waals surface area contributed by atoms with Crippen molar-refractivity contribution in [2.75, 3.05) is 0 Å². The predicted octanol–water partition coefficient (Wildman–Crippen LogP) is 1.00. The van der Waals surface area contributed by atoms with Crippen molar-refractivity contribution in [2.24, 2.45) is 0 Å². The molecule has 0 fully saturated rings. The second-order valence-electron chi connectivity index (χ2n) is 3.81. The SMILES string of the molecule is CCc1nc(C(=O)NCc2ccc(O)cc2)n[nH]1. The van der Waals surface area contributed by atoms with Crippen LogP contribution in [0.25, 0.3) is 0 Å². The number of carbonyl (C=O) groups is 1. The average molecular weight is 246 g/mol. The van der Waals surface area contributed by atoms with Crippen LogP contribution in [0, 0.1) is 0 Å². The highest BCUT2D eigenvalue weighted by Gasteiger charge is 2.11. The van der Waals surface area contributed by atoms with Crippen LogP contribution in [-0.2, 0) is 13.0 Å². The van der Waals surface area contributed by atoms with Crippen molar-refractivity contribution in [2.45, 2.75) is 19.9 Å². The second-order valence-corrected chi connectivity index (χ2v) is 3.81. The monoisotopic (exact) mass is 246 g/mol. The quantitative estimate of drug-likeness (QED) is 0.750. The molecule has 3 N–H and O–H groups in total. The number of nitrogens with zero attached hydrogens (tertiary/aromatic N) is 2. The van der Waals surface area contributed by atoms with E-state index in [1.165, 1.54) is 0 Å². The molecule has 0 atom stereocenters. The Morgan fingerprint density at radius 3 is 2.72 bits per heavy atom. The number of rotatable bonds is 4. The molecular weight excluding hydrogens is 232 g/mol. The highest BCUT2D eigenvalue weighted by Crippen LogP contribution is 2.09. The normalized spacial score (nSPS) is 10.3. The Hall–Kier alpha value is -2.37. The lowest BCUT2D eigenvalue weighted by Gasteiger charge is -2.02. The number of nitrogens with one attached hydrogen (secondary N) is 2. The first-order valence-electron chi connectivity index (χ1n) is 5.66. The van der Waals surface area contributed by atoms with Gasteiger partial charge >= 0.3 is 0 Å². The van der Waals surface area contributed by atoms with E-state index in [-0.39, 0.29) is 17.5 Å². The van der Waals surface area contributed by atoms with Gasteiger partial charge < -0.3 is 10.4 Å². The van der Waals surface area contributed by atoms with Crippen LogP contribution < -0.4 is 5.32 Å². The van der Waals surface area contributed by atoms with Gasteiger partial charge in [0.15, 0.2) is 0 Å². The van der Waals surface area contributed by atoms with Crippen molar-refractivity contribution < 1.29 is 9.90 Å². The molecule has 18 heavy (non-hydrogen) atoms. The summed E-state index contributed by atoms with van der Waals surface area (Å²) in [6.45, 7) is 2.30. The summed E-state index contributed by atoms with van der Waals surface area (Å²) in [6, 6.07) is 6.63. The van der Waals surface area contributed by atoms with Gasteiger partial charge in [-0.25, -0.2) is 4.98 Å². The van der Waals surface area contributed by atoms with E-state index in [0.29, 0.717) is 18.8 Å². The fraction of sp³-hybridized carbons (Fsp3) is 0.250. The third-order valence-corrected chi connectivity index (χ3v) is 2.46. The number of benzene rings is 1. The lowest BCUT2D eigenvalue weighted by molar-refractivity contribution is 0.0941. The molecule has 2 rings (SSSR count). The summed E-state index contributed by atoms with van der Waals surface area (Å²) in [4.78, 5) is 15.7. The van der Waals surface area contributed by atoms with E-state index < -0.39 is 0 Å². The molecule has 2 aromatic rings. The number of amides is 1. The first-order chi connectivity index (χ1) is 8.69. The predicted molar refractivity (Wildman–Crippen MR) is 65.0 cm³/mol. The van der Waals surface area contributed by atoms with E-state index >= 15 is 0 Å². The summed E-state index contributed by atoms with van der Waals surface area (Å²) in [6.07, 6.45) is 0.707. The fourth-order valence-corrected chi connectivity index (χ4v) is 1.43. The summed E-state index contributed by atoms with van der Waals surface area (Å²) in [5.74, 6) is 0.709. The highest BCUT2D eigenvalue weighted by molar-refractivity contribution is 5.90. The molecule has 1 heterocycles. The molecular formula is C12H14N4O2. The number of phenols is 1. The van der Waals surface area contributed by atoms with Gasteiger partial charge in [-0.05, 0) is 17.7 Å². The highest BCUT2D eigenvalue weighted by atomic mass is 16.3. The zero-order valence-corrected chi connectivity index (χ0v) is 9.97. The molecule has 0 saturated carbocycles. The molecule has 1 amide bonds. The minimum atomic E-state index is -0.320. The van der Waals surface area contributed by atoms with E-state index in [9.17, 15) is 4.79 Å². The van der Waals surface area contributed by atoms with Crippen molar-refractivity contribution >= 4 is 5.91 Å². The number of hydrogen-bond acceptors (Lipinski definition) is 4. The maximum absolute atomic E-state index is 11.7. The molecule has 0 spiro atoms. The van der Waals surface area contributed by atoms with Gasteiger partial charge in [0.05, 0.1) is 0 Å². The Labute approximate surface area is 104 Å². The zero-order valence-electron chi connectivity index (χ0n) is 9.97. The number of carbonyl (C=O) groups excluding carboxylic acids is 1. The second kappa shape index (κ2) is 5.31. The maximum atomic E-state index is 11.7. The molecule has 0 aliphatic carbocycles. The molecule has 1 aromatic carbocycles. The molecule has 0 aliphatic heterocycles. The lowest BCUT2D eigenvalue weighted by Crippen LogP contribution is -2.24. The smallest absolute Gasteiger partial charge is 0.291 e. The van der Waals surface area contributed by atoms with Gasteiger partial charge in [0, 0.05) is 13.0 Å². The van der Waals surface area contributed by atoms with Crippen LogP contribution in [0.5, 0.6) is 5.75 Å². The lowest BCUT2D eigenvalue weighted by atomic mass is 10.2. The molecule has 1 aromatic heterocycles. The van der Waals surface area contributed by atoms with Gasteiger partial charge in [0.1, 0.15) is 11.6 Å². The third kappa shape index (κ3) is 2.85. The number of aromatic nitrogens is 3. The first kappa shape index (κ1) is 12.1. The Bertz CT molecular complexity index is 533. The number of aromatic hydroxyl groups is 1. The van der Waals surface area contributed by atoms with Gasteiger partial charge in [-0.3, -0.25) is 9.89 Å². The average Bonchev–Trinajstić information content (AvgIpc) is 2.86. The molecule has 0 bridgehead atoms. The topological polar surface area (TPSA) is 90.9 Å². The summed E-state index contributed by atoms with van der Waals surface area (Å²) < 4.78 is 0. The number of aryl methyl sites for hydroxylation is 1. The van der Waals surface area contributed by atoms with Crippen molar-refractivity contribution in [3.63, 3.8) is 0 Å². The molecule has 0 unspecified atom stereocenters. The molecule has 0 saturated heterocycles. The van der Waals surface area contributed by atoms with Crippen molar-refractivity contribution in [3.05, 3.63) is 41.5 Å². The summed E-state index contributed by atoms with van der Waals surface area (Å²) in [5, 5.41) is 18.3. The van der Waals surface area contributed by atoms with Crippen LogP contribution >= 0.6 is 0 Å². The van der Waals surface area contributed by atoms with Gasteiger partial charge in [-0.1, -0.05) is 19.1 Å². The van der Waals surface area contributed by atoms with Crippen molar-refractivity contribution in [3.8, 4) is 5.75 Å². The van der Waals surface area contributed by atoms with Crippen LogP contribution in [-0.4, -0.2) is 26.2 Å². The van der Waals surface area contributed by atoms with E-state index in [0.717, 1.165) is 5.56 Å². The molecule has 94 valence electrons. The van der Waals surface area contributed by atoms with E-state index in [1.54, 1.807) is 24.3 Å². The summed E-state index contributed by atoms with van der Waals surface area (Å²) in [5.41, 5.74) is 0.896. The number of hydrogen-bond donors (Lipinski definition) is 3. The Morgan fingerprint density at radius 2 is 2.11 bits per heavy atom. The maximum Gasteiger partial charge on any atom is 0.291 e. The number of H-pyrrole nitrogens is 1. The molecule has 0 radical (unpaired) electrons. The minimum absolute atomic E-state index is 0.144. The van der Waals surface area contributed by atoms with Crippen LogP contribution in [0.1, 0.15) is 28.9 Å². The van der Waals surface area contributed by atoms with E-state index in [4.69, 9.17) is 5.11 Å². The fourth-order valence-electron chi connectivity index (χ4n) is 1.43. The minimum Gasteiger partial charge on any atom is -0.508 e. The van der Waals surface area contributed by atoms with Crippen molar-refractivity contribution in [1.82, 2.24) is 20.5 Å². The standard InChI is InChI=1S/C12H14N4O2/c1-2-10-14-11(16-15-10)12(18)13-7-8-3-5-9(17)6-4-8/h3-6,17H,2,7H2,1H3,(H,13,18)(H,14,15,16). The largest absolute Gasteiger partial charge is 0.508 e. The summed E-state index contributed by atoms with van der Waals surface area (Å²) >= 11 is 0. The number of phenolic OH excluding ortho intramolecular Hbond substituents is 1. The van der Waals surface area contributed by atoms with Crippen LogP contribution in [0.2, 0.25) is 0 Å². The van der Waals surface area contributed by atoms with Gasteiger partial charge in [-0.15, -0.1) is 5.10 Å². The van der Waals surface area contributed by atoms with Crippen LogP contribution in [0.4, 0.5) is 0 Å². The van der Waals surface area contributed by atoms with Gasteiger partial charge in [0.25, 0.3) is 5.91 Å². The van der Waals surface area contributed by atoms with E-state index in [1.807, 2.05) is 6.92 Å². The summed E-state index contributed by atoms with van der Waals surface area (Å²) in [7, 11) is 0. The Balaban J connectivity index is 1.93. The Morgan fingerprint density at radius 1 is 1.39 bits per heavy atom. The molecule has 6 nitrogen and oxygen atoms in total. The first-order valence-corrected chi connectivity index (χ1v) is 5.66. The van der Waals surface area contributed by atoms with Gasteiger partial charge in [-0.2, -0.15) is 0 Å². The number of aromatic amines is 1. The zero-order chi connectivity index (χ0) is 13.0. The molecule has 0 aliphatic rings. The van der Waals surface area contributed by atoms with Crippen molar-refractivity contribution in [1.29, 1.82) is 0 Å². The van der Waals surface area contributed by atoms with Gasteiger partial charge in [0.2, 0.25) is 5.82 Å². The van der Waals surface area contributed by atoms with E-state index in [2.05, 4.69) is 20.5 Å². The third-order valence-electron chi connectivity index (χ3n) is 2.46. The van der Waals surface area contributed by atoms with Crippen LogP contribution in [0.3, 0.4) is 0 Å². The molecule has 6 heteroatoms.